The Balaban J connectivity index is 1.91. The predicted molar refractivity (Wildman–Crippen MR) is 70.6 cm³/mol. The molecule has 0 radical (unpaired) electrons. The maximum atomic E-state index is 9.24. The first kappa shape index (κ1) is 12.4. The van der Waals surface area contributed by atoms with Crippen LogP contribution in [-0.4, -0.2) is 10.2 Å². The molecule has 1 aromatic rings. The molecule has 0 saturated heterocycles. The third-order valence-corrected chi connectivity index (χ3v) is 4.67. The lowest BCUT2D eigenvalue weighted by Crippen LogP contribution is -2.11. The highest BCUT2D eigenvalue weighted by Gasteiger charge is 2.26. The van der Waals surface area contributed by atoms with Gasteiger partial charge < -0.3 is 0 Å². The van der Waals surface area contributed by atoms with Gasteiger partial charge in [0.15, 0.2) is 0 Å². The maximum absolute atomic E-state index is 9.24. The highest BCUT2D eigenvalue weighted by Crippen LogP contribution is 2.37. The summed E-state index contributed by atoms with van der Waals surface area (Å²) in [5.74, 6) is 1.52. The summed E-state index contributed by atoms with van der Waals surface area (Å²) in [5.41, 5.74) is 0. The second-order valence-electron chi connectivity index (χ2n) is 4.81. The number of hydrogen-bond donors (Lipinski definition) is 0. The summed E-state index contributed by atoms with van der Waals surface area (Å²) in [4.78, 5) is 4.27. The van der Waals surface area contributed by atoms with Crippen molar-refractivity contribution < 1.29 is 0 Å². The molecule has 17 heavy (non-hydrogen) atoms. The van der Waals surface area contributed by atoms with Gasteiger partial charge in [0.2, 0.25) is 0 Å². The smallest absolute Gasteiger partial charge is 0.0981 e. The minimum atomic E-state index is 0.0513. The molecule has 90 valence electrons. The van der Waals surface area contributed by atoms with Gasteiger partial charge in [0, 0.05) is 6.20 Å². The summed E-state index contributed by atoms with van der Waals surface area (Å²) in [5, 5.41) is 10.2. The molecule has 1 fully saturated rings. The van der Waals surface area contributed by atoms with E-state index in [9.17, 15) is 5.26 Å². The lowest BCUT2D eigenvalue weighted by molar-refractivity contribution is 0.399. The van der Waals surface area contributed by atoms with Crippen LogP contribution < -0.4 is 0 Å². The van der Waals surface area contributed by atoms with Crippen LogP contribution in [0.1, 0.15) is 32.6 Å². The van der Waals surface area contributed by atoms with Gasteiger partial charge >= 0.3 is 0 Å². The molecule has 0 spiro atoms. The molecular formula is C14H18N2S. The van der Waals surface area contributed by atoms with Crippen molar-refractivity contribution in [1.82, 2.24) is 4.98 Å². The molecule has 0 bridgehead atoms. The SMILES string of the molecule is C[C@@H]1CCC[C@H]1CC(C#N)Sc1ccccn1. The van der Waals surface area contributed by atoms with Crippen molar-refractivity contribution in [2.45, 2.75) is 42.9 Å². The molecule has 0 aromatic carbocycles. The van der Waals surface area contributed by atoms with Gasteiger partial charge in [-0.2, -0.15) is 5.26 Å². The molecule has 2 nitrogen and oxygen atoms in total. The Morgan fingerprint density at radius 3 is 3.00 bits per heavy atom. The molecule has 1 saturated carbocycles. The highest BCUT2D eigenvalue weighted by molar-refractivity contribution is 8.00. The first-order valence-corrected chi connectivity index (χ1v) is 7.15. The van der Waals surface area contributed by atoms with Crippen LogP contribution in [0.15, 0.2) is 29.4 Å². The molecule has 3 atom stereocenters. The summed E-state index contributed by atoms with van der Waals surface area (Å²) in [7, 11) is 0. The maximum Gasteiger partial charge on any atom is 0.0981 e. The number of nitrogens with zero attached hydrogens (tertiary/aromatic N) is 2. The molecule has 1 aromatic heterocycles. The molecule has 3 heteroatoms. The number of rotatable bonds is 4. The van der Waals surface area contributed by atoms with Crippen LogP contribution in [-0.2, 0) is 0 Å². The summed E-state index contributed by atoms with van der Waals surface area (Å²) in [6.07, 6.45) is 6.76. The van der Waals surface area contributed by atoms with Crippen LogP contribution >= 0.6 is 11.8 Å². The number of thioether (sulfide) groups is 1. The Morgan fingerprint density at radius 2 is 2.41 bits per heavy atom. The van der Waals surface area contributed by atoms with Crippen molar-refractivity contribution in [3.05, 3.63) is 24.4 Å². The van der Waals surface area contributed by atoms with Crippen molar-refractivity contribution in [2.24, 2.45) is 11.8 Å². The summed E-state index contributed by atoms with van der Waals surface area (Å²) < 4.78 is 0. The average molecular weight is 246 g/mol. The van der Waals surface area contributed by atoms with Crippen LogP contribution in [0.3, 0.4) is 0 Å². The Kier molecular flexibility index (Phi) is 4.44. The lowest BCUT2D eigenvalue weighted by atomic mass is 9.93. The molecule has 1 heterocycles. The molecule has 1 unspecified atom stereocenters. The molecular weight excluding hydrogens is 228 g/mol. The Bertz CT molecular complexity index is 385. The van der Waals surface area contributed by atoms with Crippen molar-refractivity contribution in [3.63, 3.8) is 0 Å². The zero-order valence-electron chi connectivity index (χ0n) is 10.2. The van der Waals surface area contributed by atoms with Gasteiger partial charge in [0.05, 0.1) is 16.3 Å². The molecule has 0 N–H and O–H groups in total. The summed E-state index contributed by atoms with van der Waals surface area (Å²) in [6, 6.07) is 8.28. The molecule has 2 rings (SSSR count). The van der Waals surface area contributed by atoms with Crippen molar-refractivity contribution in [2.75, 3.05) is 0 Å². The van der Waals surface area contributed by atoms with Gasteiger partial charge in [-0.3, -0.25) is 0 Å². The van der Waals surface area contributed by atoms with Gasteiger partial charge in [0.25, 0.3) is 0 Å². The fraction of sp³-hybridized carbons (Fsp3) is 0.571. The number of aromatic nitrogens is 1. The Labute approximate surface area is 107 Å². The van der Waals surface area contributed by atoms with E-state index in [2.05, 4.69) is 18.0 Å². The van der Waals surface area contributed by atoms with Gasteiger partial charge in [-0.25, -0.2) is 4.98 Å². The largest absolute Gasteiger partial charge is 0.250 e. The predicted octanol–water partition coefficient (Wildman–Crippen LogP) is 3.89. The average Bonchev–Trinajstić information content (AvgIpc) is 2.75. The fourth-order valence-corrected chi connectivity index (χ4v) is 3.50. The second kappa shape index (κ2) is 6.07. The molecule has 0 aliphatic heterocycles. The third-order valence-electron chi connectivity index (χ3n) is 3.60. The third kappa shape index (κ3) is 3.47. The first-order valence-electron chi connectivity index (χ1n) is 6.27. The van der Waals surface area contributed by atoms with Crippen LogP contribution in [0.2, 0.25) is 0 Å². The van der Waals surface area contributed by atoms with Crippen LogP contribution in [0.5, 0.6) is 0 Å². The van der Waals surface area contributed by atoms with Crippen LogP contribution in [0.4, 0.5) is 0 Å². The standard InChI is InChI=1S/C14H18N2S/c1-11-5-4-6-12(11)9-13(10-15)17-14-7-2-3-8-16-14/h2-3,7-8,11-13H,4-6,9H2,1H3/t11-,12+,13?/m1/s1. The first-order chi connectivity index (χ1) is 8.29. The summed E-state index contributed by atoms with van der Waals surface area (Å²) in [6.45, 7) is 2.32. The quantitative estimate of drug-likeness (QED) is 0.756. The number of nitriles is 1. The lowest BCUT2D eigenvalue weighted by Gasteiger charge is -2.17. The zero-order chi connectivity index (χ0) is 12.1. The molecule has 0 amide bonds. The van der Waals surface area contributed by atoms with E-state index < -0.39 is 0 Å². The molecule has 1 aliphatic rings. The van der Waals surface area contributed by atoms with Crippen LogP contribution in [0.25, 0.3) is 0 Å². The highest BCUT2D eigenvalue weighted by atomic mass is 32.2. The fourth-order valence-electron chi connectivity index (χ4n) is 2.54. The summed E-state index contributed by atoms with van der Waals surface area (Å²) >= 11 is 1.61. The van der Waals surface area contributed by atoms with Crippen LogP contribution in [0, 0.1) is 23.2 Å². The normalized spacial score (nSPS) is 25.4. The Morgan fingerprint density at radius 1 is 1.53 bits per heavy atom. The van der Waals surface area contributed by atoms with E-state index in [1.54, 1.807) is 18.0 Å². The number of hydrogen-bond acceptors (Lipinski definition) is 3. The Hall–Kier alpha value is -1.01. The van der Waals surface area contributed by atoms with E-state index in [1.165, 1.54) is 19.3 Å². The van der Waals surface area contributed by atoms with Gasteiger partial charge in [-0.15, -0.1) is 0 Å². The van der Waals surface area contributed by atoms with E-state index in [0.717, 1.165) is 23.3 Å². The van der Waals surface area contributed by atoms with E-state index >= 15 is 0 Å². The van der Waals surface area contributed by atoms with Crippen molar-refractivity contribution >= 4 is 11.8 Å². The van der Waals surface area contributed by atoms with E-state index in [4.69, 9.17) is 0 Å². The minimum Gasteiger partial charge on any atom is -0.250 e. The van der Waals surface area contributed by atoms with Crippen molar-refractivity contribution in [3.8, 4) is 6.07 Å². The minimum absolute atomic E-state index is 0.0513. The monoisotopic (exact) mass is 246 g/mol. The zero-order valence-corrected chi connectivity index (χ0v) is 11.0. The van der Waals surface area contributed by atoms with Crippen molar-refractivity contribution in [1.29, 1.82) is 5.26 Å². The second-order valence-corrected chi connectivity index (χ2v) is 6.03. The van der Waals surface area contributed by atoms with Gasteiger partial charge in [0.1, 0.15) is 0 Å². The van der Waals surface area contributed by atoms with E-state index in [1.807, 2.05) is 18.2 Å². The van der Waals surface area contributed by atoms with Gasteiger partial charge in [-0.1, -0.05) is 44.0 Å². The molecule has 1 aliphatic carbocycles. The topological polar surface area (TPSA) is 36.7 Å². The van der Waals surface area contributed by atoms with E-state index in [-0.39, 0.29) is 5.25 Å². The van der Waals surface area contributed by atoms with E-state index in [0.29, 0.717) is 0 Å². The number of pyridine rings is 1. The van der Waals surface area contributed by atoms with Gasteiger partial charge in [-0.05, 0) is 30.4 Å².